The Morgan fingerprint density at radius 3 is 2.60 bits per heavy atom. The highest BCUT2D eigenvalue weighted by Gasteiger charge is 2.04. The normalized spacial score (nSPS) is 11.0. The van der Waals surface area contributed by atoms with E-state index in [0.717, 1.165) is 24.7 Å². The van der Waals surface area contributed by atoms with E-state index >= 15 is 0 Å². The van der Waals surface area contributed by atoms with Gasteiger partial charge >= 0.3 is 0 Å². The summed E-state index contributed by atoms with van der Waals surface area (Å²) in [5.74, 6) is 1.78. The van der Waals surface area contributed by atoms with Crippen molar-refractivity contribution in [3.05, 3.63) is 29.3 Å². The summed E-state index contributed by atoms with van der Waals surface area (Å²) in [4.78, 5) is 4.18. The summed E-state index contributed by atoms with van der Waals surface area (Å²) < 4.78 is 5.38. The van der Waals surface area contributed by atoms with E-state index in [1.807, 2.05) is 6.07 Å². The van der Waals surface area contributed by atoms with E-state index in [4.69, 9.17) is 4.74 Å². The fourth-order valence-electron chi connectivity index (χ4n) is 1.89. The summed E-state index contributed by atoms with van der Waals surface area (Å²) in [5.41, 5.74) is 2.47. The van der Waals surface area contributed by atoms with Gasteiger partial charge in [-0.2, -0.15) is 0 Å². The van der Waals surface area contributed by atoms with Crippen LogP contribution in [0.2, 0.25) is 0 Å². The van der Waals surface area contributed by atoms with Gasteiger partial charge in [-0.15, -0.1) is 24.0 Å². The molecule has 0 heterocycles. The lowest BCUT2D eigenvalue weighted by Crippen LogP contribution is -2.41. The smallest absolute Gasteiger partial charge is 0.191 e. The highest BCUT2D eigenvalue weighted by atomic mass is 127. The van der Waals surface area contributed by atoms with E-state index in [1.54, 1.807) is 14.2 Å². The fourth-order valence-corrected chi connectivity index (χ4v) is 1.89. The number of aryl methyl sites for hydroxylation is 1. The molecular formula is C15H26IN3O. The first-order valence-corrected chi connectivity index (χ1v) is 6.67. The average Bonchev–Trinajstić information content (AvgIpc) is 2.37. The van der Waals surface area contributed by atoms with Gasteiger partial charge in [0.2, 0.25) is 0 Å². The number of aliphatic imine (C=N–C) groups is 1. The summed E-state index contributed by atoms with van der Waals surface area (Å²) in [5, 5.41) is 6.57. The van der Waals surface area contributed by atoms with Gasteiger partial charge in [0.15, 0.2) is 5.96 Å². The zero-order chi connectivity index (χ0) is 14.3. The predicted octanol–water partition coefficient (Wildman–Crippen LogP) is 2.74. The molecule has 1 aromatic rings. The van der Waals surface area contributed by atoms with Gasteiger partial charge in [-0.1, -0.05) is 17.7 Å². The van der Waals surface area contributed by atoms with Crippen LogP contribution in [0.4, 0.5) is 0 Å². The highest BCUT2D eigenvalue weighted by molar-refractivity contribution is 14.0. The summed E-state index contributed by atoms with van der Waals surface area (Å²) in [6.45, 7) is 7.11. The molecule has 114 valence electrons. The van der Waals surface area contributed by atoms with Gasteiger partial charge < -0.3 is 15.4 Å². The van der Waals surface area contributed by atoms with Gasteiger partial charge in [-0.3, -0.25) is 4.99 Å². The lowest BCUT2D eigenvalue weighted by atomic mass is 10.1. The lowest BCUT2D eigenvalue weighted by molar-refractivity contribution is 0.409. The number of hydrogen-bond donors (Lipinski definition) is 2. The van der Waals surface area contributed by atoms with E-state index in [2.05, 4.69) is 48.5 Å². The van der Waals surface area contributed by atoms with Gasteiger partial charge in [-0.05, 0) is 38.8 Å². The number of guanidine groups is 1. The monoisotopic (exact) mass is 391 g/mol. The van der Waals surface area contributed by atoms with Gasteiger partial charge in [0.05, 0.1) is 7.11 Å². The van der Waals surface area contributed by atoms with Crippen molar-refractivity contribution < 1.29 is 4.74 Å². The summed E-state index contributed by atoms with van der Waals surface area (Å²) in [6.07, 6.45) is 0.906. The van der Waals surface area contributed by atoms with Crippen molar-refractivity contribution in [2.45, 2.75) is 33.2 Å². The van der Waals surface area contributed by atoms with Crippen LogP contribution in [0.5, 0.6) is 5.75 Å². The minimum absolute atomic E-state index is 0. The van der Waals surface area contributed by atoms with Crippen molar-refractivity contribution in [3.8, 4) is 5.75 Å². The van der Waals surface area contributed by atoms with Gasteiger partial charge in [0.25, 0.3) is 0 Å². The molecule has 0 atom stereocenters. The molecule has 5 heteroatoms. The molecule has 20 heavy (non-hydrogen) atoms. The summed E-state index contributed by atoms with van der Waals surface area (Å²) in [7, 11) is 3.49. The zero-order valence-electron chi connectivity index (χ0n) is 13.0. The summed E-state index contributed by atoms with van der Waals surface area (Å²) in [6, 6.07) is 6.62. The maximum Gasteiger partial charge on any atom is 0.191 e. The van der Waals surface area contributed by atoms with Gasteiger partial charge in [0.1, 0.15) is 5.75 Å². The van der Waals surface area contributed by atoms with Crippen LogP contribution in [0.25, 0.3) is 0 Å². The predicted molar refractivity (Wildman–Crippen MR) is 96.5 cm³/mol. The van der Waals surface area contributed by atoms with Gasteiger partial charge in [0, 0.05) is 19.6 Å². The molecule has 0 spiro atoms. The summed E-state index contributed by atoms with van der Waals surface area (Å²) >= 11 is 0. The molecule has 0 unspecified atom stereocenters. The molecule has 1 rings (SSSR count). The third kappa shape index (κ3) is 6.45. The Morgan fingerprint density at radius 1 is 1.35 bits per heavy atom. The molecule has 0 fully saturated rings. The molecule has 4 nitrogen and oxygen atoms in total. The van der Waals surface area contributed by atoms with Crippen LogP contribution in [0.15, 0.2) is 23.2 Å². The Labute approximate surface area is 139 Å². The first-order valence-electron chi connectivity index (χ1n) is 6.67. The van der Waals surface area contributed by atoms with E-state index in [9.17, 15) is 0 Å². The minimum atomic E-state index is 0. The Hall–Kier alpha value is -0.980. The quantitative estimate of drug-likeness (QED) is 0.461. The van der Waals surface area contributed by atoms with Crippen molar-refractivity contribution in [3.63, 3.8) is 0 Å². The number of nitrogens with zero attached hydrogens (tertiary/aromatic N) is 1. The lowest BCUT2D eigenvalue weighted by Gasteiger charge is -2.15. The van der Waals surface area contributed by atoms with Crippen LogP contribution >= 0.6 is 24.0 Å². The minimum Gasteiger partial charge on any atom is -0.496 e. The number of hydrogen-bond acceptors (Lipinski definition) is 2. The van der Waals surface area contributed by atoms with Crippen LogP contribution in [0.3, 0.4) is 0 Å². The number of rotatable bonds is 5. The van der Waals surface area contributed by atoms with E-state index in [1.165, 1.54) is 11.1 Å². The SMILES string of the molecule is CN=C(NCCc1cc(C)ccc1OC)NC(C)C.I. The largest absolute Gasteiger partial charge is 0.496 e. The molecule has 0 amide bonds. The van der Waals surface area contributed by atoms with Crippen molar-refractivity contribution in [2.75, 3.05) is 20.7 Å². The average molecular weight is 391 g/mol. The molecule has 1 aromatic carbocycles. The maximum absolute atomic E-state index is 5.38. The van der Waals surface area contributed by atoms with E-state index < -0.39 is 0 Å². The maximum atomic E-state index is 5.38. The number of methoxy groups -OCH3 is 1. The van der Waals surface area contributed by atoms with Crippen molar-refractivity contribution >= 4 is 29.9 Å². The van der Waals surface area contributed by atoms with E-state index in [-0.39, 0.29) is 24.0 Å². The molecule has 0 aliphatic rings. The molecule has 0 bridgehead atoms. The fraction of sp³-hybridized carbons (Fsp3) is 0.533. The number of benzene rings is 1. The molecule has 0 saturated heterocycles. The Morgan fingerprint density at radius 2 is 2.05 bits per heavy atom. The molecule has 2 N–H and O–H groups in total. The Kier molecular flexibility index (Phi) is 9.37. The Balaban J connectivity index is 0.00000361. The molecular weight excluding hydrogens is 365 g/mol. The van der Waals surface area contributed by atoms with Crippen LogP contribution in [0.1, 0.15) is 25.0 Å². The first kappa shape index (κ1) is 19.0. The standard InChI is InChI=1S/C15H25N3O.HI/c1-11(2)18-15(16-4)17-9-8-13-10-12(3)6-7-14(13)19-5;/h6-7,10-11H,8-9H2,1-5H3,(H2,16,17,18);1H. The van der Waals surface area contributed by atoms with Crippen molar-refractivity contribution in [2.24, 2.45) is 4.99 Å². The third-order valence-electron chi connectivity index (χ3n) is 2.77. The van der Waals surface area contributed by atoms with Gasteiger partial charge in [-0.25, -0.2) is 0 Å². The topological polar surface area (TPSA) is 45.7 Å². The van der Waals surface area contributed by atoms with Crippen molar-refractivity contribution in [1.29, 1.82) is 0 Å². The second kappa shape index (κ2) is 9.85. The second-order valence-corrected chi connectivity index (χ2v) is 4.86. The third-order valence-corrected chi connectivity index (χ3v) is 2.77. The van der Waals surface area contributed by atoms with E-state index in [0.29, 0.717) is 6.04 Å². The Bertz CT molecular complexity index is 433. The molecule has 0 aliphatic heterocycles. The number of ether oxygens (including phenoxy) is 1. The molecule has 0 saturated carbocycles. The second-order valence-electron chi connectivity index (χ2n) is 4.86. The van der Waals surface area contributed by atoms with Crippen LogP contribution in [-0.4, -0.2) is 32.7 Å². The highest BCUT2D eigenvalue weighted by Crippen LogP contribution is 2.19. The first-order chi connectivity index (χ1) is 9.06. The number of nitrogens with one attached hydrogen (secondary N) is 2. The van der Waals surface area contributed by atoms with Crippen LogP contribution in [-0.2, 0) is 6.42 Å². The molecule has 0 aliphatic carbocycles. The van der Waals surface area contributed by atoms with Crippen LogP contribution < -0.4 is 15.4 Å². The molecule has 0 aromatic heterocycles. The number of halogens is 1. The zero-order valence-corrected chi connectivity index (χ0v) is 15.3. The van der Waals surface area contributed by atoms with Crippen LogP contribution in [0, 0.1) is 6.92 Å². The van der Waals surface area contributed by atoms with Crippen molar-refractivity contribution in [1.82, 2.24) is 10.6 Å². The molecule has 0 radical (unpaired) electrons.